The molecule has 14 heavy (non-hydrogen) atoms. The Morgan fingerprint density at radius 3 is 1.79 bits per heavy atom. The zero-order valence-corrected chi connectivity index (χ0v) is 10.5. The second-order valence-electron chi connectivity index (χ2n) is 5.84. The predicted octanol–water partition coefficient (Wildman–Crippen LogP) is 4.13. The van der Waals surface area contributed by atoms with Crippen LogP contribution in [0, 0.1) is 35.5 Å². The first kappa shape index (κ1) is 10.3. The molecular weight excluding hydrogens is 168 g/mol. The summed E-state index contributed by atoms with van der Waals surface area (Å²) in [7, 11) is 0. The molecule has 0 amide bonds. The van der Waals surface area contributed by atoms with E-state index in [0.717, 1.165) is 35.5 Å². The number of hydrogen-bond donors (Lipinski definition) is 0. The van der Waals surface area contributed by atoms with Crippen LogP contribution < -0.4 is 0 Å². The highest BCUT2D eigenvalue weighted by atomic mass is 14.5. The summed E-state index contributed by atoms with van der Waals surface area (Å²) in [4.78, 5) is 0. The molecule has 0 bridgehead atoms. The van der Waals surface area contributed by atoms with Gasteiger partial charge in [-0.2, -0.15) is 0 Å². The first-order valence-corrected chi connectivity index (χ1v) is 6.14. The highest BCUT2D eigenvalue weighted by Gasteiger charge is 2.50. The standard InChI is InChI=1S/C14H24/c1-7-9(3)13-11(5)8(2)12(6)14(13)10(7)4/h7,9-11,13-14H,1-6H3/t7?,9?,10?,11?,13-,14?/m1/s1. The van der Waals surface area contributed by atoms with E-state index in [-0.39, 0.29) is 0 Å². The van der Waals surface area contributed by atoms with E-state index in [1.54, 1.807) is 11.1 Å². The van der Waals surface area contributed by atoms with Gasteiger partial charge >= 0.3 is 0 Å². The van der Waals surface area contributed by atoms with Gasteiger partial charge in [-0.15, -0.1) is 0 Å². The molecule has 0 aromatic heterocycles. The smallest absolute Gasteiger partial charge is 0.0138 e. The summed E-state index contributed by atoms with van der Waals surface area (Å²) >= 11 is 0. The largest absolute Gasteiger partial charge is 0.0710 e. The van der Waals surface area contributed by atoms with Gasteiger partial charge in [0, 0.05) is 0 Å². The average Bonchev–Trinajstić information content (AvgIpc) is 2.51. The lowest BCUT2D eigenvalue weighted by Gasteiger charge is -2.22. The molecule has 0 saturated heterocycles. The van der Waals surface area contributed by atoms with Gasteiger partial charge in [0.2, 0.25) is 0 Å². The van der Waals surface area contributed by atoms with Gasteiger partial charge in [0.25, 0.3) is 0 Å². The maximum atomic E-state index is 2.47. The lowest BCUT2D eigenvalue weighted by molar-refractivity contribution is 0.285. The van der Waals surface area contributed by atoms with Gasteiger partial charge in [-0.05, 0) is 49.4 Å². The molecule has 0 heteroatoms. The minimum atomic E-state index is 0.836. The van der Waals surface area contributed by atoms with Gasteiger partial charge in [0.15, 0.2) is 0 Å². The molecule has 0 N–H and O–H groups in total. The Kier molecular flexibility index (Phi) is 2.28. The fourth-order valence-electron chi connectivity index (χ4n) is 4.19. The van der Waals surface area contributed by atoms with Crippen molar-refractivity contribution >= 4 is 0 Å². The van der Waals surface area contributed by atoms with Gasteiger partial charge in [0.05, 0.1) is 0 Å². The third kappa shape index (κ3) is 1.06. The Balaban J connectivity index is 2.38. The van der Waals surface area contributed by atoms with Crippen LogP contribution in [0.1, 0.15) is 41.5 Å². The van der Waals surface area contributed by atoms with Crippen molar-refractivity contribution in [3.8, 4) is 0 Å². The minimum absolute atomic E-state index is 0.836. The first-order chi connectivity index (χ1) is 6.46. The molecule has 2 aliphatic carbocycles. The molecule has 1 saturated carbocycles. The van der Waals surface area contributed by atoms with Gasteiger partial charge in [-0.3, -0.25) is 0 Å². The SMILES string of the molecule is CC1=C(C)C2C(C)C(C)C(C)[C@@H]2C1C. The molecule has 5 unspecified atom stereocenters. The van der Waals surface area contributed by atoms with E-state index in [1.807, 2.05) is 0 Å². The Morgan fingerprint density at radius 1 is 0.714 bits per heavy atom. The molecule has 6 atom stereocenters. The normalized spacial score (nSPS) is 52.7. The van der Waals surface area contributed by atoms with Crippen molar-refractivity contribution in [2.75, 3.05) is 0 Å². The zero-order valence-electron chi connectivity index (χ0n) is 10.5. The summed E-state index contributed by atoms with van der Waals surface area (Å²) in [5.74, 6) is 5.40. The second kappa shape index (κ2) is 3.12. The van der Waals surface area contributed by atoms with Crippen LogP contribution in [0.4, 0.5) is 0 Å². The van der Waals surface area contributed by atoms with E-state index in [0.29, 0.717) is 0 Å². The van der Waals surface area contributed by atoms with Crippen LogP contribution in [0.5, 0.6) is 0 Å². The number of allylic oxidation sites excluding steroid dienone is 2. The van der Waals surface area contributed by atoms with Crippen LogP contribution in [0.2, 0.25) is 0 Å². The van der Waals surface area contributed by atoms with Gasteiger partial charge in [0.1, 0.15) is 0 Å². The third-order valence-corrected chi connectivity index (χ3v) is 5.63. The molecule has 2 rings (SSSR count). The van der Waals surface area contributed by atoms with Crippen molar-refractivity contribution in [2.45, 2.75) is 41.5 Å². The molecule has 0 nitrogen and oxygen atoms in total. The lowest BCUT2D eigenvalue weighted by atomic mass is 9.82. The van der Waals surface area contributed by atoms with Crippen molar-refractivity contribution in [3.63, 3.8) is 0 Å². The number of rotatable bonds is 0. The molecule has 0 aromatic carbocycles. The predicted molar refractivity (Wildman–Crippen MR) is 62.0 cm³/mol. The Morgan fingerprint density at radius 2 is 1.29 bits per heavy atom. The summed E-state index contributed by atoms with van der Waals surface area (Å²) in [6, 6.07) is 0. The maximum absolute atomic E-state index is 2.47. The summed E-state index contributed by atoms with van der Waals surface area (Å²) in [5.41, 5.74) is 3.40. The van der Waals surface area contributed by atoms with Gasteiger partial charge in [-0.25, -0.2) is 0 Å². The molecule has 0 spiro atoms. The molecule has 0 heterocycles. The highest BCUT2D eigenvalue weighted by molar-refractivity contribution is 5.28. The van der Waals surface area contributed by atoms with Crippen molar-refractivity contribution in [3.05, 3.63) is 11.1 Å². The van der Waals surface area contributed by atoms with Crippen LogP contribution in [0.3, 0.4) is 0 Å². The maximum Gasteiger partial charge on any atom is -0.0138 e. The summed E-state index contributed by atoms with van der Waals surface area (Å²) < 4.78 is 0. The van der Waals surface area contributed by atoms with E-state index < -0.39 is 0 Å². The first-order valence-electron chi connectivity index (χ1n) is 6.14. The van der Waals surface area contributed by atoms with Crippen molar-refractivity contribution in [2.24, 2.45) is 35.5 Å². The highest BCUT2D eigenvalue weighted by Crippen LogP contribution is 2.57. The fraction of sp³-hybridized carbons (Fsp3) is 0.857. The van der Waals surface area contributed by atoms with Crippen LogP contribution in [-0.2, 0) is 0 Å². The van der Waals surface area contributed by atoms with E-state index in [1.165, 1.54) is 0 Å². The molecule has 0 aromatic rings. The van der Waals surface area contributed by atoms with Crippen LogP contribution in [0.15, 0.2) is 11.1 Å². The lowest BCUT2D eigenvalue weighted by Crippen LogP contribution is -2.17. The quantitative estimate of drug-likeness (QED) is 0.506. The van der Waals surface area contributed by atoms with Crippen LogP contribution >= 0.6 is 0 Å². The number of fused-ring (bicyclic) bond motifs is 1. The van der Waals surface area contributed by atoms with Crippen molar-refractivity contribution in [1.82, 2.24) is 0 Å². The summed E-state index contributed by atoms with van der Waals surface area (Å²) in [5, 5.41) is 0. The molecular formula is C14H24. The Labute approximate surface area is 88.8 Å². The van der Waals surface area contributed by atoms with Crippen LogP contribution in [-0.4, -0.2) is 0 Å². The van der Waals surface area contributed by atoms with E-state index in [4.69, 9.17) is 0 Å². The molecule has 1 fully saturated rings. The van der Waals surface area contributed by atoms with Crippen molar-refractivity contribution in [1.29, 1.82) is 0 Å². The topological polar surface area (TPSA) is 0 Å². The van der Waals surface area contributed by atoms with E-state index in [9.17, 15) is 0 Å². The molecule has 80 valence electrons. The van der Waals surface area contributed by atoms with Crippen molar-refractivity contribution < 1.29 is 0 Å². The third-order valence-electron chi connectivity index (χ3n) is 5.63. The fourth-order valence-corrected chi connectivity index (χ4v) is 4.19. The molecule has 0 radical (unpaired) electrons. The minimum Gasteiger partial charge on any atom is -0.0710 e. The Bertz CT molecular complexity index is 274. The van der Waals surface area contributed by atoms with E-state index in [2.05, 4.69) is 41.5 Å². The second-order valence-corrected chi connectivity index (χ2v) is 5.84. The average molecular weight is 192 g/mol. The molecule has 2 aliphatic rings. The van der Waals surface area contributed by atoms with Gasteiger partial charge < -0.3 is 0 Å². The summed E-state index contributed by atoms with van der Waals surface area (Å²) in [6.07, 6.45) is 0. The Hall–Kier alpha value is -0.260. The zero-order chi connectivity index (χ0) is 10.6. The van der Waals surface area contributed by atoms with Gasteiger partial charge in [-0.1, -0.05) is 38.8 Å². The van der Waals surface area contributed by atoms with E-state index >= 15 is 0 Å². The number of hydrogen-bond acceptors (Lipinski definition) is 0. The summed E-state index contributed by atoms with van der Waals surface area (Å²) in [6.45, 7) is 14.5. The monoisotopic (exact) mass is 192 g/mol. The molecule has 0 aliphatic heterocycles. The van der Waals surface area contributed by atoms with Crippen LogP contribution in [0.25, 0.3) is 0 Å².